The Bertz CT molecular complexity index is 500. The number of hydrogen-bond donors (Lipinski definition) is 1. The fourth-order valence-electron chi connectivity index (χ4n) is 4.46. The summed E-state index contributed by atoms with van der Waals surface area (Å²) in [4.78, 5) is 0. The molecule has 2 aliphatic rings. The molecule has 1 saturated carbocycles. The molecule has 1 aromatic carbocycles. The van der Waals surface area contributed by atoms with E-state index in [4.69, 9.17) is 0 Å². The van der Waals surface area contributed by atoms with Crippen molar-refractivity contribution in [1.82, 2.24) is 5.32 Å². The molecule has 0 aromatic heterocycles. The molecule has 2 aliphatic carbocycles. The second-order valence-electron chi connectivity index (χ2n) is 8.74. The Balaban J connectivity index is 1.82. The van der Waals surface area contributed by atoms with Gasteiger partial charge in [0.15, 0.2) is 0 Å². The van der Waals surface area contributed by atoms with Crippen LogP contribution in [0.15, 0.2) is 24.3 Å². The summed E-state index contributed by atoms with van der Waals surface area (Å²) in [5, 5.41) is 4.06. The molecule has 3 rings (SSSR count). The highest BCUT2D eigenvalue weighted by Gasteiger charge is 2.38. The highest BCUT2D eigenvalue weighted by molar-refractivity contribution is 5.34. The van der Waals surface area contributed by atoms with Gasteiger partial charge in [0, 0.05) is 12.1 Å². The Morgan fingerprint density at radius 3 is 2.57 bits per heavy atom. The Kier molecular flexibility index (Phi) is 3.90. The summed E-state index contributed by atoms with van der Waals surface area (Å²) >= 11 is 0. The normalized spacial score (nSPS) is 30.7. The molecule has 0 heterocycles. The Hall–Kier alpha value is -0.820. The maximum Gasteiger partial charge on any atom is 0.0376 e. The second-order valence-corrected chi connectivity index (χ2v) is 8.74. The molecule has 0 bridgehead atoms. The van der Waals surface area contributed by atoms with Crippen molar-refractivity contribution in [2.45, 2.75) is 78.3 Å². The van der Waals surface area contributed by atoms with Crippen LogP contribution < -0.4 is 5.32 Å². The summed E-state index contributed by atoms with van der Waals surface area (Å²) in [6, 6.07) is 10.3. The molecule has 0 amide bonds. The van der Waals surface area contributed by atoms with E-state index in [9.17, 15) is 0 Å². The molecule has 1 aromatic rings. The largest absolute Gasteiger partial charge is 0.307 e. The Labute approximate surface area is 130 Å². The fourth-order valence-corrected chi connectivity index (χ4v) is 4.46. The van der Waals surface area contributed by atoms with E-state index in [1.807, 2.05) is 0 Å². The van der Waals surface area contributed by atoms with Crippen molar-refractivity contribution < 1.29 is 0 Å². The minimum atomic E-state index is 0.357. The maximum atomic E-state index is 4.06. The number of fused-ring (bicyclic) bond motifs is 1. The van der Waals surface area contributed by atoms with E-state index in [2.05, 4.69) is 57.3 Å². The van der Waals surface area contributed by atoms with Crippen LogP contribution in [0.1, 0.15) is 77.0 Å². The maximum absolute atomic E-state index is 4.06. The molecule has 1 N–H and O–H groups in total. The number of benzene rings is 1. The van der Waals surface area contributed by atoms with Crippen LogP contribution in [0, 0.1) is 10.8 Å². The molecule has 1 nitrogen and oxygen atoms in total. The van der Waals surface area contributed by atoms with Gasteiger partial charge < -0.3 is 5.32 Å². The van der Waals surface area contributed by atoms with E-state index >= 15 is 0 Å². The average Bonchev–Trinajstić information content (AvgIpc) is 2.41. The first kappa shape index (κ1) is 15.1. The van der Waals surface area contributed by atoms with Gasteiger partial charge in [0.2, 0.25) is 0 Å². The van der Waals surface area contributed by atoms with Crippen molar-refractivity contribution in [2.24, 2.45) is 10.8 Å². The first-order valence-electron chi connectivity index (χ1n) is 8.71. The van der Waals surface area contributed by atoms with Crippen LogP contribution in [0.5, 0.6) is 0 Å². The van der Waals surface area contributed by atoms with Crippen LogP contribution >= 0.6 is 0 Å². The molecule has 0 aliphatic heterocycles. The van der Waals surface area contributed by atoms with Crippen LogP contribution in [0.25, 0.3) is 0 Å². The zero-order valence-electron chi connectivity index (χ0n) is 14.2. The van der Waals surface area contributed by atoms with Crippen LogP contribution in [0.3, 0.4) is 0 Å². The topological polar surface area (TPSA) is 12.0 Å². The average molecular weight is 285 g/mol. The van der Waals surface area contributed by atoms with E-state index in [0.29, 0.717) is 22.9 Å². The predicted molar refractivity (Wildman–Crippen MR) is 90.5 cm³/mol. The van der Waals surface area contributed by atoms with Gasteiger partial charge in [0.05, 0.1) is 0 Å². The minimum Gasteiger partial charge on any atom is -0.307 e. The minimum absolute atomic E-state index is 0.357. The van der Waals surface area contributed by atoms with Gasteiger partial charge >= 0.3 is 0 Å². The smallest absolute Gasteiger partial charge is 0.0376 e. The van der Waals surface area contributed by atoms with Gasteiger partial charge in [-0.25, -0.2) is 0 Å². The standard InChI is InChI=1S/C20H31N/c1-19(2)12-7-9-16(14-19)21-18-17-10-6-5-8-15(17)11-13-20(18,3)4/h5-6,8,10,16,18,21H,7,9,11-14H2,1-4H3. The molecule has 2 unspecified atom stereocenters. The lowest BCUT2D eigenvalue weighted by Crippen LogP contribution is -2.45. The quantitative estimate of drug-likeness (QED) is 0.781. The van der Waals surface area contributed by atoms with Crippen LogP contribution in [0.2, 0.25) is 0 Å². The summed E-state index contributed by atoms with van der Waals surface area (Å²) < 4.78 is 0. The van der Waals surface area contributed by atoms with E-state index in [1.165, 1.54) is 38.5 Å². The van der Waals surface area contributed by atoms with E-state index in [0.717, 1.165) is 0 Å². The molecular formula is C20H31N. The van der Waals surface area contributed by atoms with Crippen LogP contribution in [-0.4, -0.2) is 6.04 Å². The SMILES string of the molecule is CC1(C)CCCC(NC2c3ccccc3CCC2(C)C)C1. The molecule has 1 heteroatoms. The molecule has 1 fully saturated rings. The van der Waals surface area contributed by atoms with Crippen molar-refractivity contribution in [3.05, 3.63) is 35.4 Å². The second kappa shape index (κ2) is 5.43. The van der Waals surface area contributed by atoms with Crippen molar-refractivity contribution in [3.8, 4) is 0 Å². The van der Waals surface area contributed by atoms with E-state index < -0.39 is 0 Å². The number of rotatable bonds is 2. The summed E-state index contributed by atoms with van der Waals surface area (Å²) in [6.45, 7) is 9.74. The first-order chi connectivity index (χ1) is 9.87. The van der Waals surface area contributed by atoms with E-state index in [1.54, 1.807) is 11.1 Å². The highest BCUT2D eigenvalue weighted by atomic mass is 15.0. The van der Waals surface area contributed by atoms with Crippen LogP contribution in [-0.2, 0) is 6.42 Å². The number of hydrogen-bond acceptors (Lipinski definition) is 1. The van der Waals surface area contributed by atoms with Crippen molar-refractivity contribution >= 4 is 0 Å². The lowest BCUT2D eigenvalue weighted by atomic mass is 9.69. The number of nitrogens with one attached hydrogen (secondary N) is 1. The molecule has 116 valence electrons. The molecule has 21 heavy (non-hydrogen) atoms. The lowest BCUT2D eigenvalue weighted by Gasteiger charge is -2.45. The van der Waals surface area contributed by atoms with Gasteiger partial charge in [-0.3, -0.25) is 0 Å². The highest BCUT2D eigenvalue weighted by Crippen LogP contribution is 2.45. The van der Waals surface area contributed by atoms with Gasteiger partial charge in [-0.05, 0) is 54.1 Å². The number of aryl methyl sites for hydroxylation is 1. The summed E-state index contributed by atoms with van der Waals surface area (Å²) in [6.07, 6.45) is 7.95. The zero-order chi connectivity index (χ0) is 15.1. The fraction of sp³-hybridized carbons (Fsp3) is 0.700. The van der Waals surface area contributed by atoms with Crippen molar-refractivity contribution in [2.75, 3.05) is 0 Å². The van der Waals surface area contributed by atoms with Gasteiger partial charge in [-0.15, -0.1) is 0 Å². The van der Waals surface area contributed by atoms with E-state index in [-0.39, 0.29) is 0 Å². The lowest BCUT2D eigenvalue weighted by molar-refractivity contribution is 0.141. The molecule has 0 saturated heterocycles. The van der Waals surface area contributed by atoms with Gasteiger partial charge in [-0.2, -0.15) is 0 Å². The third-order valence-electron chi connectivity index (χ3n) is 5.79. The Morgan fingerprint density at radius 2 is 1.81 bits per heavy atom. The van der Waals surface area contributed by atoms with Crippen molar-refractivity contribution in [1.29, 1.82) is 0 Å². The first-order valence-corrected chi connectivity index (χ1v) is 8.71. The molecular weight excluding hydrogens is 254 g/mol. The van der Waals surface area contributed by atoms with Crippen LogP contribution in [0.4, 0.5) is 0 Å². The molecule has 0 radical (unpaired) electrons. The Morgan fingerprint density at radius 1 is 1.05 bits per heavy atom. The van der Waals surface area contributed by atoms with Gasteiger partial charge in [0.25, 0.3) is 0 Å². The predicted octanol–water partition coefficient (Wildman–Crippen LogP) is 5.26. The zero-order valence-corrected chi connectivity index (χ0v) is 14.2. The summed E-state index contributed by atoms with van der Waals surface area (Å²) in [5.41, 5.74) is 3.98. The summed E-state index contributed by atoms with van der Waals surface area (Å²) in [5.74, 6) is 0. The van der Waals surface area contributed by atoms with Crippen molar-refractivity contribution in [3.63, 3.8) is 0 Å². The molecule has 0 spiro atoms. The monoisotopic (exact) mass is 285 g/mol. The van der Waals surface area contributed by atoms with Gasteiger partial charge in [-0.1, -0.05) is 58.4 Å². The summed E-state index contributed by atoms with van der Waals surface area (Å²) in [7, 11) is 0. The van der Waals surface area contributed by atoms with Gasteiger partial charge in [0.1, 0.15) is 0 Å². The third-order valence-corrected chi connectivity index (χ3v) is 5.79. The molecule has 2 atom stereocenters. The third kappa shape index (κ3) is 3.18.